The Morgan fingerprint density at radius 1 is 1.44 bits per heavy atom. The van der Waals surface area contributed by atoms with Gasteiger partial charge in [-0.2, -0.15) is 0 Å². The maximum Gasteiger partial charge on any atom is 0.0641 e. The van der Waals surface area contributed by atoms with E-state index in [4.69, 9.17) is 4.18 Å². The van der Waals surface area contributed by atoms with E-state index in [9.17, 15) is 0 Å². The van der Waals surface area contributed by atoms with Crippen molar-refractivity contribution in [1.82, 2.24) is 0 Å². The quantitative estimate of drug-likeness (QED) is 0.566. The highest BCUT2D eigenvalue weighted by atomic mass is 32.2. The van der Waals surface area contributed by atoms with Gasteiger partial charge in [0.1, 0.15) is 0 Å². The lowest BCUT2D eigenvalue weighted by Gasteiger charge is -2.05. The Kier molecular flexibility index (Phi) is 3.44. The molecule has 1 rings (SSSR count). The molecular weight excluding hydrogens is 132 g/mol. The summed E-state index contributed by atoms with van der Waals surface area (Å²) in [6.07, 6.45) is 7.60. The maximum absolute atomic E-state index is 5.23. The second kappa shape index (κ2) is 4.18. The highest BCUT2D eigenvalue weighted by Crippen LogP contribution is 2.25. The molecule has 0 amide bonds. The Labute approximate surface area is 61.4 Å². The highest BCUT2D eigenvalue weighted by Gasteiger charge is 2.14. The summed E-state index contributed by atoms with van der Waals surface area (Å²) in [6, 6.07) is 0. The largest absolute Gasteiger partial charge is 0.315 e. The van der Waals surface area contributed by atoms with E-state index in [0.717, 1.165) is 12.5 Å². The average Bonchev–Trinajstić information content (AvgIpc) is 2.34. The Bertz CT molecular complexity index is 69.3. The van der Waals surface area contributed by atoms with Gasteiger partial charge in [-0.05, 0) is 30.8 Å². The zero-order chi connectivity index (χ0) is 6.53. The first-order valence-corrected chi connectivity index (χ1v) is 4.74. The monoisotopic (exact) mass is 146 g/mol. The summed E-state index contributed by atoms with van der Waals surface area (Å²) < 4.78 is 5.23. The molecule has 0 N–H and O–H groups in total. The maximum atomic E-state index is 5.23. The third-order valence-corrected chi connectivity index (χ3v) is 2.27. The summed E-state index contributed by atoms with van der Waals surface area (Å²) in [4.78, 5) is 0. The Hall–Kier alpha value is 0.310. The van der Waals surface area contributed by atoms with Crippen LogP contribution in [0.5, 0.6) is 0 Å². The van der Waals surface area contributed by atoms with Crippen LogP contribution in [0.2, 0.25) is 0 Å². The molecule has 2 heteroatoms. The molecule has 1 saturated carbocycles. The predicted molar refractivity (Wildman–Crippen MR) is 41.4 cm³/mol. The van der Waals surface area contributed by atoms with E-state index in [1.54, 1.807) is 0 Å². The fraction of sp³-hybridized carbons (Fsp3) is 1.00. The van der Waals surface area contributed by atoms with Crippen LogP contribution in [0.3, 0.4) is 0 Å². The zero-order valence-corrected chi connectivity index (χ0v) is 6.75. The lowest BCUT2D eigenvalue weighted by molar-refractivity contribution is 0.292. The van der Waals surface area contributed by atoms with Crippen molar-refractivity contribution in [3.63, 3.8) is 0 Å². The van der Waals surface area contributed by atoms with Gasteiger partial charge in [0, 0.05) is 6.26 Å². The molecule has 0 bridgehead atoms. The summed E-state index contributed by atoms with van der Waals surface area (Å²) >= 11 is 1.49. The van der Waals surface area contributed by atoms with Crippen LogP contribution in [0.4, 0.5) is 0 Å². The van der Waals surface area contributed by atoms with Gasteiger partial charge in [0.2, 0.25) is 0 Å². The molecule has 0 aromatic rings. The molecule has 0 aromatic heterocycles. The summed E-state index contributed by atoms with van der Waals surface area (Å²) in [5, 5.41) is 0. The zero-order valence-electron chi connectivity index (χ0n) is 5.93. The first-order valence-electron chi connectivity index (χ1n) is 3.59. The lowest BCUT2D eigenvalue weighted by Crippen LogP contribution is -2.00. The summed E-state index contributed by atoms with van der Waals surface area (Å²) in [7, 11) is 0. The molecule has 0 unspecified atom stereocenters. The predicted octanol–water partition coefficient (Wildman–Crippen LogP) is 2.47. The van der Waals surface area contributed by atoms with Gasteiger partial charge in [0.25, 0.3) is 0 Å². The van der Waals surface area contributed by atoms with E-state index in [1.165, 1.54) is 37.7 Å². The minimum atomic E-state index is 0.873. The van der Waals surface area contributed by atoms with Crippen molar-refractivity contribution in [3.8, 4) is 0 Å². The normalized spacial score (nSPS) is 21.0. The van der Waals surface area contributed by atoms with Gasteiger partial charge in [-0.1, -0.05) is 12.8 Å². The fourth-order valence-corrected chi connectivity index (χ4v) is 1.67. The second-order valence-electron chi connectivity index (χ2n) is 2.60. The van der Waals surface area contributed by atoms with E-state index in [-0.39, 0.29) is 0 Å². The smallest absolute Gasteiger partial charge is 0.0641 e. The van der Waals surface area contributed by atoms with E-state index >= 15 is 0 Å². The Morgan fingerprint density at radius 2 is 2.11 bits per heavy atom. The first-order chi connectivity index (χ1) is 4.43. The molecule has 0 spiro atoms. The Morgan fingerprint density at radius 3 is 2.67 bits per heavy atom. The molecular formula is C7H14OS. The number of hydrogen-bond donors (Lipinski definition) is 0. The van der Waals surface area contributed by atoms with E-state index in [2.05, 4.69) is 0 Å². The van der Waals surface area contributed by atoms with E-state index < -0.39 is 0 Å². The highest BCUT2D eigenvalue weighted by molar-refractivity contribution is 7.93. The molecule has 9 heavy (non-hydrogen) atoms. The SMILES string of the molecule is CSOCC1CCCC1. The molecule has 54 valence electrons. The molecule has 0 radical (unpaired) electrons. The summed E-state index contributed by atoms with van der Waals surface area (Å²) in [5.41, 5.74) is 0. The van der Waals surface area contributed by atoms with Gasteiger partial charge < -0.3 is 4.18 Å². The van der Waals surface area contributed by atoms with Crippen LogP contribution < -0.4 is 0 Å². The molecule has 1 fully saturated rings. The van der Waals surface area contributed by atoms with Gasteiger partial charge in [0.05, 0.1) is 6.61 Å². The van der Waals surface area contributed by atoms with Crippen molar-refractivity contribution in [2.75, 3.05) is 12.9 Å². The first kappa shape index (κ1) is 7.42. The van der Waals surface area contributed by atoms with E-state index in [1.807, 2.05) is 6.26 Å². The van der Waals surface area contributed by atoms with Crippen molar-refractivity contribution >= 4 is 12.0 Å². The average molecular weight is 146 g/mol. The summed E-state index contributed by atoms with van der Waals surface area (Å²) in [5.74, 6) is 0.873. The summed E-state index contributed by atoms with van der Waals surface area (Å²) in [6.45, 7) is 0.973. The lowest BCUT2D eigenvalue weighted by atomic mass is 10.1. The number of rotatable bonds is 3. The van der Waals surface area contributed by atoms with Crippen LogP contribution in [0.15, 0.2) is 0 Å². The van der Waals surface area contributed by atoms with Crippen LogP contribution in [0, 0.1) is 5.92 Å². The molecule has 0 aliphatic heterocycles. The van der Waals surface area contributed by atoms with Crippen molar-refractivity contribution < 1.29 is 4.18 Å². The minimum absolute atomic E-state index is 0.873. The molecule has 1 aliphatic carbocycles. The molecule has 1 nitrogen and oxygen atoms in total. The third-order valence-electron chi connectivity index (χ3n) is 1.90. The van der Waals surface area contributed by atoms with Crippen molar-refractivity contribution in [2.24, 2.45) is 5.92 Å². The van der Waals surface area contributed by atoms with Crippen LogP contribution >= 0.6 is 12.0 Å². The molecule has 0 heterocycles. The van der Waals surface area contributed by atoms with Crippen LogP contribution in [-0.4, -0.2) is 12.9 Å². The van der Waals surface area contributed by atoms with Gasteiger partial charge >= 0.3 is 0 Å². The molecule has 0 aromatic carbocycles. The second-order valence-corrected chi connectivity index (χ2v) is 3.17. The molecule has 1 aliphatic rings. The van der Waals surface area contributed by atoms with Crippen LogP contribution in [0.25, 0.3) is 0 Å². The van der Waals surface area contributed by atoms with Crippen LogP contribution in [-0.2, 0) is 4.18 Å². The fourth-order valence-electron chi connectivity index (χ4n) is 1.34. The standard InChI is InChI=1S/C7H14OS/c1-9-8-6-7-4-2-3-5-7/h7H,2-6H2,1H3. The molecule has 0 atom stereocenters. The Balaban J connectivity index is 1.98. The van der Waals surface area contributed by atoms with Crippen molar-refractivity contribution in [1.29, 1.82) is 0 Å². The third kappa shape index (κ3) is 2.59. The molecule has 0 saturated heterocycles. The van der Waals surface area contributed by atoms with Crippen molar-refractivity contribution in [2.45, 2.75) is 25.7 Å². The van der Waals surface area contributed by atoms with Gasteiger partial charge in [-0.25, -0.2) is 0 Å². The van der Waals surface area contributed by atoms with Gasteiger partial charge in [0.15, 0.2) is 0 Å². The van der Waals surface area contributed by atoms with Crippen molar-refractivity contribution in [3.05, 3.63) is 0 Å². The van der Waals surface area contributed by atoms with E-state index in [0.29, 0.717) is 0 Å². The minimum Gasteiger partial charge on any atom is -0.315 e. The topological polar surface area (TPSA) is 9.23 Å². The number of hydrogen-bond acceptors (Lipinski definition) is 2. The van der Waals surface area contributed by atoms with Crippen LogP contribution in [0.1, 0.15) is 25.7 Å². The van der Waals surface area contributed by atoms with Gasteiger partial charge in [-0.3, -0.25) is 0 Å². The van der Waals surface area contributed by atoms with Gasteiger partial charge in [-0.15, -0.1) is 0 Å².